The van der Waals surface area contributed by atoms with Crippen LogP contribution in [-0.2, 0) is 0 Å². The lowest BCUT2D eigenvalue weighted by molar-refractivity contribution is 1.36. The first-order valence-corrected chi connectivity index (χ1v) is 1.68. The summed E-state index contributed by atoms with van der Waals surface area (Å²) in [5, 5.41) is 0. The van der Waals surface area contributed by atoms with Crippen LogP contribution in [-0.4, -0.2) is 12.3 Å². The Morgan fingerprint density at radius 1 is 2.00 bits per heavy atom. The number of rotatable bonds is 1. The molecular formula is C2H6NP. The van der Waals surface area contributed by atoms with Crippen LogP contribution in [0.15, 0.2) is 0 Å². The van der Waals surface area contributed by atoms with Gasteiger partial charge in [-0.1, -0.05) is 5.80 Å². The van der Waals surface area contributed by atoms with Gasteiger partial charge in [-0.3, -0.25) is 0 Å². The van der Waals surface area contributed by atoms with Crippen molar-refractivity contribution in [2.24, 2.45) is 5.73 Å². The number of hydrogen-bond acceptors (Lipinski definition) is 1. The SMILES string of the molecule is NCC=P. The second-order valence-electron chi connectivity index (χ2n) is 0.440. The Morgan fingerprint density at radius 2 is 2.25 bits per heavy atom. The zero-order valence-electron chi connectivity index (χ0n) is 2.36. The molecule has 0 heterocycles. The van der Waals surface area contributed by atoms with Gasteiger partial charge in [-0.2, -0.15) is 0 Å². The predicted molar refractivity (Wildman–Crippen MR) is 23.4 cm³/mol. The van der Waals surface area contributed by atoms with Gasteiger partial charge in [-0.05, 0) is 0 Å². The second kappa shape index (κ2) is 3.13. The number of nitrogens with two attached hydrogens (primary N) is 1. The third-order valence-corrected chi connectivity index (χ3v) is 0.354. The van der Waals surface area contributed by atoms with Crippen LogP contribution in [0.3, 0.4) is 0 Å². The first-order chi connectivity index (χ1) is 1.91. The van der Waals surface area contributed by atoms with E-state index >= 15 is 0 Å². The Kier molecular flexibility index (Phi) is 3.23. The van der Waals surface area contributed by atoms with Crippen molar-refractivity contribution in [2.45, 2.75) is 0 Å². The third kappa shape index (κ3) is 2.13. The van der Waals surface area contributed by atoms with Gasteiger partial charge in [0, 0.05) is 6.54 Å². The Hall–Kier alpha value is 0.130. The van der Waals surface area contributed by atoms with E-state index in [0.29, 0.717) is 6.54 Å². The van der Waals surface area contributed by atoms with E-state index < -0.39 is 0 Å². The predicted octanol–water partition coefficient (Wildman–Crippen LogP) is -0.110. The van der Waals surface area contributed by atoms with Crippen molar-refractivity contribution >= 4 is 14.7 Å². The quantitative estimate of drug-likeness (QED) is 0.432. The molecule has 0 rings (SSSR count). The Balaban J connectivity index is 2.30. The molecule has 0 atom stereocenters. The molecule has 24 valence electrons. The van der Waals surface area contributed by atoms with Crippen LogP contribution in [0, 0.1) is 0 Å². The van der Waals surface area contributed by atoms with E-state index in [0.717, 1.165) is 0 Å². The first-order valence-electron chi connectivity index (χ1n) is 1.11. The fourth-order valence-corrected chi connectivity index (χ4v) is 0. The molecular weight excluding hydrogens is 69.0 g/mol. The molecule has 0 saturated carbocycles. The third-order valence-electron chi connectivity index (χ3n) is 0.118. The van der Waals surface area contributed by atoms with Gasteiger partial charge in [0.05, 0.1) is 0 Å². The molecule has 0 aliphatic heterocycles. The largest absolute Gasteiger partial charge is 0.327 e. The minimum Gasteiger partial charge on any atom is -0.327 e. The fourth-order valence-electron chi connectivity index (χ4n) is 0. The zero-order valence-corrected chi connectivity index (χ0v) is 3.36. The van der Waals surface area contributed by atoms with Gasteiger partial charge in [0.15, 0.2) is 0 Å². The molecule has 0 aliphatic carbocycles. The lowest BCUT2D eigenvalue weighted by Crippen LogP contribution is -1.95. The smallest absolute Gasteiger partial charge is 0.0147 e. The highest BCUT2D eigenvalue weighted by Crippen LogP contribution is 1.43. The van der Waals surface area contributed by atoms with E-state index in [2.05, 4.69) is 8.86 Å². The maximum Gasteiger partial charge on any atom is 0.0147 e. The summed E-state index contributed by atoms with van der Waals surface area (Å²) < 4.78 is 0. The van der Waals surface area contributed by atoms with E-state index in [1.165, 1.54) is 0 Å². The summed E-state index contributed by atoms with van der Waals surface area (Å²) in [7, 11) is 3.04. The van der Waals surface area contributed by atoms with Crippen molar-refractivity contribution in [3.8, 4) is 0 Å². The van der Waals surface area contributed by atoms with Crippen LogP contribution in [0.25, 0.3) is 0 Å². The highest BCUT2D eigenvalue weighted by atomic mass is 31.0. The van der Waals surface area contributed by atoms with Crippen LogP contribution in [0.4, 0.5) is 0 Å². The van der Waals surface area contributed by atoms with Crippen molar-refractivity contribution in [3.05, 3.63) is 0 Å². The zero-order chi connectivity index (χ0) is 3.41. The van der Waals surface area contributed by atoms with Gasteiger partial charge in [-0.25, -0.2) is 0 Å². The van der Waals surface area contributed by atoms with Gasteiger partial charge in [0.1, 0.15) is 0 Å². The molecule has 2 N–H and O–H groups in total. The van der Waals surface area contributed by atoms with Crippen molar-refractivity contribution in [2.75, 3.05) is 6.54 Å². The number of hydrogen-bond donors (Lipinski definition) is 1. The standard InChI is InChI=1S/C2H6NP/c3-1-2-4/h2,4H,1,3H2. The molecule has 0 aliphatic rings. The minimum absolute atomic E-state index is 0.608. The Morgan fingerprint density at radius 3 is 2.25 bits per heavy atom. The van der Waals surface area contributed by atoms with E-state index in [9.17, 15) is 0 Å². The van der Waals surface area contributed by atoms with Crippen LogP contribution in [0.5, 0.6) is 0 Å². The van der Waals surface area contributed by atoms with Crippen LogP contribution in [0.1, 0.15) is 0 Å². The summed E-state index contributed by atoms with van der Waals surface area (Å²) in [5.41, 5.74) is 4.92. The van der Waals surface area contributed by atoms with Crippen LogP contribution in [0.2, 0.25) is 0 Å². The summed E-state index contributed by atoms with van der Waals surface area (Å²) in [5.74, 6) is 1.71. The summed E-state index contributed by atoms with van der Waals surface area (Å²) in [6.45, 7) is 0.608. The van der Waals surface area contributed by atoms with Crippen LogP contribution < -0.4 is 5.73 Å². The molecule has 0 fully saturated rings. The molecule has 0 unspecified atom stereocenters. The molecule has 0 spiro atoms. The lowest BCUT2D eigenvalue weighted by Gasteiger charge is -1.60. The highest BCUT2D eigenvalue weighted by molar-refractivity contribution is 7.18. The fraction of sp³-hybridized carbons (Fsp3) is 0.500. The van der Waals surface area contributed by atoms with Crippen molar-refractivity contribution < 1.29 is 0 Å². The normalized spacial score (nSPS) is 6.25. The molecule has 0 amide bonds. The molecule has 0 radical (unpaired) electrons. The molecule has 2 heteroatoms. The van der Waals surface area contributed by atoms with Gasteiger partial charge >= 0.3 is 0 Å². The van der Waals surface area contributed by atoms with E-state index in [1.54, 1.807) is 5.80 Å². The molecule has 0 bridgehead atoms. The van der Waals surface area contributed by atoms with E-state index in [-0.39, 0.29) is 0 Å². The molecule has 1 nitrogen and oxygen atoms in total. The van der Waals surface area contributed by atoms with Crippen molar-refractivity contribution in [1.82, 2.24) is 0 Å². The maximum absolute atomic E-state index is 4.92. The summed E-state index contributed by atoms with van der Waals surface area (Å²) >= 11 is 0. The van der Waals surface area contributed by atoms with Crippen molar-refractivity contribution in [3.63, 3.8) is 0 Å². The average Bonchev–Trinajstić information content (AvgIpc) is 1.37. The average molecular weight is 75.1 g/mol. The van der Waals surface area contributed by atoms with Gasteiger partial charge in [0.2, 0.25) is 0 Å². The highest BCUT2D eigenvalue weighted by Gasteiger charge is 1.44. The molecule has 0 aromatic rings. The Labute approximate surface area is 28.0 Å². The summed E-state index contributed by atoms with van der Waals surface area (Å²) in [4.78, 5) is 0. The van der Waals surface area contributed by atoms with Gasteiger partial charge < -0.3 is 5.73 Å². The maximum atomic E-state index is 4.92. The van der Waals surface area contributed by atoms with Crippen LogP contribution >= 0.6 is 8.86 Å². The monoisotopic (exact) mass is 75.0 g/mol. The molecule has 0 saturated heterocycles. The van der Waals surface area contributed by atoms with E-state index in [1.807, 2.05) is 0 Å². The topological polar surface area (TPSA) is 26.0 Å². The first kappa shape index (κ1) is 4.13. The van der Waals surface area contributed by atoms with E-state index in [4.69, 9.17) is 5.73 Å². The molecule has 0 aromatic heterocycles. The van der Waals surface area contributed by atoms with Gasteiger partial charge in [0.25, 0.3) is 0 Å². The van der Waals surface area contributed by atoms with Crippen molar-refractivity contribution in [1.29, 1.82) is 0 Å². The molecule has 4 heavy (non-hydrogen) atoms. The Bertz CT molecular complexity index is 20.0. The minimum atomic E-state index is 0.608. The summed E-state index contributed by atoms with van der Waals surface area (Å²) in [6.07, 6.45) is 0. The molecule has 0 aromatic carbocycles. The second-order valence-corrected chi connectivity index (χ2v) is 0.848. The lowest BCUT2D eigenvalue weighted by atomic mass is 10.8. The van der Waals surface area contributed by atoms with Gasteiger partial charge in [-0.15, -0.1) is 8.86 Å². The summed E-state index contributed by atoms with van der Waals surface area (Å²) in [6, 6.07) is 0.